The van der Waals surface area contributed by atoms with Gasteiger partial charge in [0.1, 0.15) is 5.56 Å². The fourth-order valence-electron chi connectivity index (χ4n) is 3.51. The highest BCUT2D eigenvalue weighted by atomic mass is 32.1. The number of aromatic hydroxyl groups is 1. The first-order valence-electron chi connectivity index (χ1n) is 9.17. The van der Waals surface area contributed by atoms with Crippen LogP contribution in [0.5, 0.6) is 5.88 Å². The van der Waals surface area contributed by atoms with Gasteiger partial charge in [0.25, 0.3) is 5.56 Å². The molecule has 1 fully saturated rings. The molecule has 8 nitrogen and oxygen atoms in total. The normalized spacial score (nSPS) is 16.0. The monoisotopic (exact) mass is 391 g/mol. The van der Waals surface area contributed by atoms with E-state index in [9.17, 15) is 9.90 Å². The molecule has 2 aromatic rings. The quantitative estimate of drug-likeness (QED) is 0.582. The zero-order valence-electron chi connectivity index (χ0n) is 15.6. The van der Waals surface area contributed by atoms with Crippen molar-refractivity contribution >= 4 is 23.7 Å². The molecule has 1 saturated carbocycles. The van der Waals surface area contributed by atoms with Gasteiger partial charge in [-0.15, -0.1) is 0 Å². The van der Waals surface area contributed by atoms with E-state index < -0.39 is 5.56 Å². The fraction of sp³-hybridized carbons (Fsp3) is 0.556. The summed E-state index contributed by atoms with van der Waals surface area (Å²) in [6.07, 6.45) is 7.51. The third-order valence-electron chi connectivity index (χ3n) is 4.91. The summed E-state index contributed by atoms with van der Waals surface area (Å²) >= 11 is 5.15. The lowest BCUT2D eigenvalue weighted by molar-refractivity contribution is 0.182. The Morgan fingerprint density at radius 3 is 2.89 bits per heavy atom. The van der Waals surface area contributed by atoms with Crippen molar-refractivity contribution in [1.29, 1.82) is 0 Å². The second-order valence-electron chi connectivity index (χ2n) is 6.73. The summed E-state index contributed by atoms with van der Waals surface area (Å²) in [5.41, 5.74) is 0.0553. The van der Waals surface area contributed by atoms with Crippen LogP contribution in [-0.4, -0.2) is 43.9 Å². The molecule has 3 rings (SSSR count). The Morgan fingerprint density at radius 2 is 2.19 bits per heavy atom. The van der Waals surface area contributed by atoms with Crippen LogP contribution in [0.1, 0.15) is 50.6 Å². The molecular weight excluding hydrogens is 366 g/mol. The van der Waals surface area contributed by atoms with Gasteiger partial charge >= 0.3 is 0 Å². The predicted octanol–water partition coefficient (Wildman–Crippen LogP) is 3.10. The van der Waals surface area contributed by atoms with Crippen molar-refractivity contribution < 1.29 is 9.84 Å². The molecule has 0 spiro atoms. The third kappa shape index (κ3) is 4.19. The molecule has 0 amide bonds. The number of hydrogen-bond acceptors (Lipinski definition) is 6. The first-order valence-corrected chi connectivity index (χ1v) is 9.58. The van der Waals surface area contributed by atoms with E-state index in [0.29, 0.717) is 30.7 Å². The van der Waals surface area contributed by atoms with Gasteiger partial charge < -0.3 is 9.84 Å². The number of nitrogens with zero attached hydrogens (tertiary/aromatic N) is 4. The minimum Gasteiger partial charge on any atom is -0.494 e. The van der Waals surface area contributed by atoms with Crippen LogP contribution >= 0.6 is 12.2 Å². The van der Waals surface area contributed by atoms with Crippen LogP contribution in [0, 0.1) is 4.77 Å². The number of rotatable bonds is 6. The molecule has 27 heavy (non-hydrogen) atoms. The van der Waals surface area contributed by atoms with Gasteiger partial charge in [0.15, 0.2) is 10.6 Å². The average Bonchev–Trinajstić information content (AvgIpc) is 3.10. The topological polar surface area (TPSA) is 97.4 Å². The molecule has 2 heterocycles. The van der Waals surface area contributed by atoms with Crippen molar-refractivity contribution in [3.8, 4) is 5.88 Å². The second-order valence-corrected chi connectivity index (χ2v) is 7.11. The Labute approximate surface area is 162 Å². The van der Waals surface area contributed by atoms with Gasteiger partial charge in [-0.2, -0.15) is 5.10 Å². The first-order chi connectivity index (χ1) is 13.0. The van der Waals surface area contributed by atoms with Gasteiger partial charge in [-0.25, -0.2) is 9.67 Å². The Morgan fingerprint density at radius 1 is 1.44 bits per heavy atom. The smallest absolute Gasteiger partial charge is 0.264 e. The van der Waals surface area contributed by atoms with Crippen molar-refractivity contribution in [3.05, 3.63) is 33.0 Å². The summed E-state index contributed by atoms with van der Waals surface area (Å²) in [6.45, 7) is 2.39. The molecule has 0 aromatic carbocycles. The lowest BCUT2D eigenvalue weighted by Crippen LogP contribution is -2.23. The summed E-state index contributed by atoms with van der Waals surface area (Å²) in [7, 11) is 1.56. The standard InChI is InChI=1S/C18H25N5O3S/c1-12(15-16(24)21-18(27)22(17(15)25)10-11-26-2)20-14-8-9-19-23(14)13-6-4-3-5-7-13/h8-9,13,25H,3-7,10-11H2,1-2H3,(H,21,24,27)/b20-12+. The molecule has 1 aliphatic rings. The molecule has 1 aliphatic carbocycles. The number of aromatic nitrogens is 4. The molecule has 2 N–H and O–H groups in total. The molecule has 0 radical (unpaired) electrons. The number of methoxy groups -OCH3 is 1. The molecular formula is C18H25N5O3S. The molecule has 0 saturated heterocycles. The first kappa shape index (κ1) is 19.5. The molecule has 2 aromatic heterocycles. The lowest BCUT2D eigenvalue weighted by atomic mass is 9.96. The van der Waals surface area contributed by atoms with E-state index in [1.54, 1.807) is 20.2 Å². The second kappa shape index (κ2) is 8.62. The van der Waals surface area contributed by atoms with Crippen LogP contribution in [-0.2, 0) is 11.3 Å². The minimum absolute atomic E-state index is 0.107. The van der Waals surface area contributed by atoms with Gasteiger partial charge in [-0.1, -0.05) is 19.3 Å². The maximum absolute atomic E-state index is 12.4. The van der Waals surface area contributed by atoms with E-state index in [0.717, 1.165) is 12.8 Å². The van der Waals surface area contributed by atoms with E-state index in [1.807, 2.05) is 10.7 Å². The molecule has 0 atom stereocenters. The van der Waals surface area contributed by atoms with Gasteiger partial charge in [0.05, 0.1) is 31.1 Å². The Balaban J connectivity index is 1.99. The third-order valence-corrected chi connectivity index (χ3v) is 5.23. The number of nitrogens with one attached hydrogen (secondary N) is 1. The highest BCUT2D eigenvalue weighted by Gasteiger charge is 2.20. The zero-order chi connectivity index (χ0) is 19.4. The van der Waals surface area contributed by atoms with Crippen molar-refractivity contribution in [1.82, 2.24) is 19.3 Å². The van der Waals surface area contributed by atoms with E-state index in [1.165, 1.54) is 23.8 Å². The van der Waals surface area contributed by atoms with Gasteiger partial charge in [0, 0.05) is 13.2 Å². The number of hydrogen-bond donors (Lipinski definition) is 2. The number of aromatic amines is 1. The molecule has 0 unspecified atom stereocenters. The predicted molar refractivity (Wildman–Crippen MR) is 106 cm³/mol. The van der Waals surface area contributed by atoms with E-state index in [4.69, 9.17) is 17.0 Å². The van der Waals surface area contributed by atoms with E-state index >= 15 is 0 Å². The lowest BCUT2D eigenvalue weighted by Gasteiger charge is -2.23. The fourth-order valence-corrected chi connectivity index (χ4v) is 3.78. The largest absolute Gasteiger partial charge is 0.494 e. The van der Waals surface area contributed by atoms with Crippen LogP contribution in [0.4, 0.5) is 5.82 Å². The maximum atomic E-state index is 12.4. The summed E-state index contributed by atoms with van der Waals surface area (Å²) < 4.78 is 8.56. The molecule has 146 valence electrons. The van der Waals surface area contributed by atoms with Gasteiger partial charge in [-0.05, 0) is 32.0 Å². The Kier molecular flexibility index (Phi) is 6.22. The zero-order valence-corrected chi connectivity index (χ0v) is 16.5. The molecule has 0 aliphatic heterocycles. The minimum atomic E-state index is -0.462. The van der Waals surface area contributed by atoms with Gasteiger partial charge in [-0.3, -0.25) is 14.3 Å². The number of H-pyrrole nitrogens is 1. The van der Waals surface area contributed by atoms with Crippen molar-refractivity contribution in [3.63, 3.8) is 0 Å². The van der Waals surface area contributed by atoms with Crippen LogP contribution < -0.4 is 5.56 Å². The summed E-state index contributed by atoms with van der Waals surface area (Å²) in [4.78, 5) is 19.6. The van der Waals surface area contributed by atoms with Crippen LogP contribution in [0.25, 0.3) is 0 Å². The van der Waals surface area contributed by atoms with E-state index in [2.05, 4.69) is 15.1 Å². The molecule has 9 heteroatoms. The highest BCUT2D eigenvalue weighted by Crippen LogP contribution is 2.31. The highest BCUT2D eigenvalue weighted by molar-refractivity contribution is 7.71. The van der Waals surface area contributed by atoms with E-state index in [-0.39, 0.29) is 16.2 Å². The number of aliphatic imine (C=N–C) groups is 1. The Bertz CT molecular complexity index is 937. The maximum Gasteiger partial charge on any atom is 0.264 e. The number of ether oxygens (including phenoxy) is 1. The van der Waals surface area contributed by atoms with Crippen molar-refractivity contribution in [2.75, 3.05) is 13.7 Å². The summed E-state index contributed by atoms with van der Waals surface area (Å²) in [5.74, 6) is 0.481. The van der Waals surface area contributed by atoms with Gasteiger partial charge in [0.2, 0.25) is 5.88 Å². The van der Waals surface area contributed by atoms with Crippen LogP contribution in [0.3, 0.4) is 0 Å². The molecule has 0 bridgehead atoms. The SMILES string of the molecule is COCCn1c(O)c(/C(C)=N/c2ccnn2C2CCCCC2)c(=O)[nH]c1=S. The Hall–Kier alpha value is -2.26. The van der Waals surface area contributed by atoms with Crippen molar-refractivity contribution in [2.24, 2.45) is 4.99 Å². The summed E-state index contributed by atoms with van der Waals surface area (Å²) in [6, 6.07) is 2.15. The average molecular weight is 391 g/mol. The summed E-state index contributed by atoms with van der Waals surface area (Å²) in [5, 5.41) is 15.0. The van der Waals surface area contributed by atoms with Crippen LogP contribution in [0.2, 0.25) is 0 Å². The van der Waals surface area contributed by atoms with Crippen LogP contribution in [0.15, 0.2) is 22.1 Å². The van der Waals surface area contributed by atoms with Crippen molar-refractivity contribution in [2.45, 2.75) is 51.6 Å².